The van der Waals surface area contributed by atoms with Gasteiger partial charge >= 0.3 is 12.1 Å². The highest BCUT2D eigenvalue weighted by Gasteiger charge is 2.31. The average molecular weight is 481 g/mol. The number of nitrogens with one attached hydrogen (secondary N) is 2. The molecule has 35 heavy (non-hydrogen) atoms. The van der Waals surface area contributed by atoms with Gasteiger partial charge in [-0.15, -0.1) is 0 Å². The van der Waals surface area contributed by atoms with Crippen LogP contribution in [0.1, 0.15) is 49.1 Å². The van der Waals surface area contributed by atoms with E-state index in [0.29, 0.717) is 6.42 Å². The van der Waals surface area contributed by atoms with Crippen molar-refractivity contribution in [1.29, 1.82) is 0 Å². The van der Waals surface area contributed by atoms with E-state index in [2.05, 4.69) is 22.8 Å². The van der Waals surface area contributed by atoms with Crippen molar-refractivity contribution < 1.29 is 29.3 Å². The molecule has 2 aromatic rings. The first-order valence-electron chi connectivity index (χ1n) is 12.2. The minimum absolute atomic E-state index is 0.0572. The molecule has 3 unspecified atom stereocenters. The summed E-state index contributed by atoms with van der Waals surface area (Å²) in [6, 6.07) is 16.1. The van der Waals surface area contributed by atoms with Crippen molar-refractivity contribution in [2.24, 2.45) is 11.8 Å². The Labute approximate surface area is 204 Å². The van der Waals surface area contributed by atoms with Crippen molar-refractivity contribution in [2.45, 2.75) is 44.1 Å². The normalized spacial score (nSPS) is 19.8. The maximum atomic E-state index is 12.2. The molecular formula is C27H32N2O6. The fraction of sp³-hybridized carbons (Fsp3) is 0.444. The van der Waals surface area contributed by atoms with Gasteiger partial charge in [0.25, 0.3) is 0 Å². The summed E-state index contributed by atoms with van der Waals surface area (Å²) in [5, 5.41) is 24.8. The van der Waals surface area contributed by atoms with Gasteiger partial charge in [-0.2, -0.15) is 0 Å². The van der Waals surface area contributed by atoms with Gasteiger partial charge in [0.1, 0.15) is 6.61 Å². The Morgan fingerprint density at radius 1 is 0.943 bits per heavy atom. The molecule has 0 spiro atoms. The number of ether oxygens (including phenoxy) is 1. The van der Waals surface area contributed by atoms with Crippen LogP contribution in [0.3, 0.4) is 0 Å². The van der Waals surface area contributed by atoms with E-state index in [0.717, 1.165) is 41.5 Å². The van der Waals surface area contributed by atoms with Crippen molar-refractivity contribution in [3.05, 3.63) is 59.7 Å². The number of aliphatic hydroxyl groups is 1. The van der Waals surface area contributed by atoms with Crippen LogP contribution < -0.4 is 10.6 Å². The zero-order chi connectivity index (χ0) is 24.8. The smallest absolute Gasteiger partial charge is 0.407 e. The van der Waals surface area contributed by atoms with Gasteiger partial charge in [0.15, 0.2) is 0 Å². The van der Waals surface area contributed by atoms with E-state index in [1.165, 1.54) is 0 Å². The van der Waals surface area contributed by atoms with Crippen LogP contribution in [-0.2, 0) is 14.3 Å². The second-order valence-corrected chi connectivity index (χ2v) is 9.36. The van der Waals surface area contributed by atoms with E-state index in [4.69, 9.17) is 4.74 Å². The van der Waals surface area contributed by atoms with Gasteiger partial charge < -0.3 is 25.6 Å². The number of hydrogen-bond acceptors (Lipinski definition) is 5. The lowest BCUT2D eigenvalue weighted by Crippen LogP contribution is -2.40. The van der Waals surface area contributed by atoms with Gasteiger partial charge in [0.2, 0.25) is 5.91 Å². The topological polar surface area (TPSA) is 125 Å². The fourth-order valence-electron chi connectivity index (χ4n) is 5.23. The molecule has 4 N–H and O–H groups in total. The lowest BCUT2D eigenvalue weighted by Gasteiger charge is -2.28. The monoisotopic (exact) mass is 480 g/mol. The van der Waals surface area contributed by atoms with Gasteiger partial charge in [0.05, 0.1) is 18.4 Å². The number of aliphatic carboxylic acids is 1. The molecule has 2 aromatic carbocycles. The minimum atomic E-state index is -1.07. The third-order valence-electron chi connectivity index (χ3n) is 7.03. The molecule has 0 heterocycles. The van der Waals surface area contributed by atoms with E-state index >= 15 is 0 Å². The summed E-state index contributed by atoms with van der Waals surface area (Å²) in [6.45, 7) is 0.330. The number of amides is 2. The van der Waals surface area contributed by atoms with Crippen molar-refractivity contribution in [1.82, 2.24) is 10.6 Å². The van der Waals surface area contributed by atoms with Crippen LogP contribution >= 0.6 is 0 Å². The summed E-state index contributed by atoms with van der Waals surface area (Å²) in [7, 11) is 0. The molecule has 0 aliphatic heterocycles. The van der Waals surface area contributed by atoms with Crippen LogP contribution in [0, 0.1) is 11.8 Å². The van der Waals surface area contributed by atoms with Gasteiger partial charge in [-0.1, -0.05) is 61.4 Å². The average Bonchev–Trinajstić information content (AvgIpc) is 3.19. The maximum Gasteiger partial charge on any atom is 0.407 e. The van der Waals surface area contributed by atoms with Gasteiger partial charge in [0, 0.05) is 19.0 Å². The Morgan fingerprint density at radius 3 is 2.23 bits per heavy atom. The number of hydrogen-bond donors (Lipinski definition) is 4. The lowest BCUT2D eigenvalue weighted by atomic mass is 9.79. The first-order valence-corrected chi connectivity index (χ1v) is 12.2. The number of carbonyl (C=O) groups is 3. The molecule has 2 aliphatic carbocycles. The minimum Gasteiger partial charge on any atom is -0.481 e. The third kappa shape index (κ3) is 6.00. The molecule has 0 aromatic heterocycles. The number of fused-ring (bicyclic) bond motifs is 3. The first-order chi connectivity index (χ1) is 16.9. The van der Waals surface area contributed by atoms with Crippen LogP contribution in [0.4, 0.5) is 4.79 Å². The first kappa shape index (κ1) is 24.7. The van der Waals surface area contributed by atoms with E-state index in [1.807, 2.05) is 36.4 Å². The molecule has 3 atom stereocenters. The number of alkyl carbamates (subject to hydrolysis) is 1. The number of carboxylic acid groups (broad SMARTS) is 1. The third-order valence-corrected chi connectivity index (χ3v) is 7.03. The number of aliphatic hydroxyl groups excluding tert-OH is 1. The Bertz CT molecular complexity index is 1030. The van der Waals surface area contributed by atoms with Crippen LogP contribution in [0.2, 0.25) is 0 Å². The zero-order valence-electron chi connectivity index (χ0n) is 19.6. The zero-order valence-corrected chi connectivity index (χ0v) is 19.6. The quantitative estimate of drug-likeness (QED) is 0.437. The standard InChI is InChI=1S/C27H32N2O6/c30-18(13-25(31)28-14-17-7-1-2-8-19(17)26(32)33)15-29-27(34)35-16-24-22-11-5-3-9-20(22)21-10-4-6-12-23(21)24/h3-6,9-12,17-19,24,30H,1-2,7-8,13-16H2,(H,28,31)(H,29,34)(H,32,33). The van der Waals surface area contributed by atoms with Gasteiger partial charge in [-0.3, -0.25) is 9.59 Å². The Morgan fingerprint density at radius 2 is 1.57 bits per heavy atom. The van der Waals surface area contributed by atoms with E-state index in [-0.39, 0.29) is 43.9 Å². The highest BCUT2D eigenvalue weighted by Crippen LogP contribution is 2.44. The summed E-state index contributed by atoms with van der Waals surface area (Å²) in [5.41, 5.74) is 4.51. The van der Waals surface area contributed by atoms with Gasteiger partial charge in [-0.05, 0) is 41.0 Å². The van der Waals surface area contributed by atoms with E-state index < -0.39 is 24.1 Å². The summed E-state index contributed by atoms with van der Waals surface area (Å²) in [6.07, 6.45) is 1.33. The van der Waals surface area contributed by atoms with Crippen molar-refractivity contribution in [3.8, 4) is 11.1 Å². The van der Waals surface area contributed by atoms with Crippen molar-refractivity contribution in [3.63, 3.8) is 0 Å². The van der Waals surface area contributed by atoms with Crippen molar-refractivity contribution in [2.75, 3.05) is 19.7 Å². The number of carboxylic acids is 1. The number of carbonyl (C=O) groups excluding carboxylic acids is 2. The number of benzene rings is 2. The lowest BCUT2D eigenvalue weighted by molar-refractivity contribution is -0.145. The van der Waals surface area contributed by atoms with Crippen LogP contribution in [0.15, 0.2) is 48.5 Å². The molecule has 186 valence electrons. The van der Waals surface area contributed by atoms with Crippen LogP contribution in [0.25, 0.3) is 11.1 Å². The number of rotatable bonds is 9. The van der Waals surface area contributed by atoms with E-state index in [9.17, 15) is 24.6 Å². The molecule has 1 saturated carbocycles. The Kier molecular flexibility index (Phi) is 8.02. The molecule has 0 bridgehead atoms. The second kappa shape index (κ2) is 11.4. The molecule has 2 amide bonds. The fourth-order valence-corrected chi connectivity index (χ4v) is 5.23. The highest BCUT2D eigenvalue weighted by molar-refractivity contribution is 5.79. The SMILES string of the molecule is O=C(CC(O)CNC(=O)OCC1c2ccccc2-c2ccccc21)NCC1CCCCC1C(=O)O. The predicted molar refractivity (Wildman–Crippen MR) is 130 cm³/mol. The molecule has 1 fully saturated rings. The largest absolute Gasteiger partial charge is 0.481 e. The Hall–Kier alpha value is -3.39. The van der Waals surface area contributed by atoms with Crippen molar-refractivity contribution >= 4 is 18.0 Å². The highest BCUT2D eigenvalue weighted by atomic mass is 16.5. The molecule has 4 rings (SSSR count). The van der Waals surface area contributed by atoms with E-state index in [1.54, 1.807) is 0 Å². The molecule has 8 heteroatoms. The van der Waals surface area contributed by atoms with Gasteiger partial charge in [-0.25, -0.2) is 4.79 Å². The van der Waals surface area contributed by atoms with Crippen LogP contribution in [0.5, 0.6) is 0 Å². The van der Waals surface area contributed by atoms with Crippen LogP contribution in [-0.4, -0.2) is 54.0 Å². The summed E-state index contributed by atoms with van der Waals surface area (Å²) < 4.78 is 5.44. The molecule has 0 saturated heterocycles. The molecular weight excluding hydrogens is 448 g/mol. The maximum absolute atomic E-state index is 12.2. The molecule has 2 aliphatic rings. The summed E-state index contributed by atoms with van der Waals surface area (Å²) in [5.74, 6) is -1.79. The summed E-state index contributed by atoms with van der Waals surface area (Å²) in [4.78, 5) is 35.8. The molecule has 8 nitrogen and oxygen atoms in total. The molecule has 0 radical (unpaired) electrons. The Balaban J connectivity index is 1.19. The second-order valence-electron chi connectivity index (χ2n) is 9.36. The summed E-state index contributed by atoms with van der Waals surface area (Å²) >= 11 is 0. The predicted octanol–water partition coefficient (Wildman–Crippen LogP) is 3.28.